The topological polar surface area (TPSA) is 653 Å². The molecule has 8 aliphatic heterocycles. The van der Waals surface area contributed by atoms with Gasteiger partial charge < -0.3 is 203 Å². The molecule has 578 valence electrons. The Morgan fingerprint density at radius 1 is 0.238 bits per heavy atom. The zero-order valence-corrected chi connectivity index (χ0v) is 53.4. The van der Waals surface area contributed by atoms with Crippen LogP contribution in [-0.2, 0) is 82.2 Å². The van der Waals surface area contributed by atoms with Crippen LogP contribution in [0.4, 0.5) is 0 Å². The number of benzene rings is 2. The Balaban J connectivity index is 0.706. The molecule has 0 spiro atoms. The standard InChI is InChI=1S/C60H92O41/c61-10-21-29(69)30(70)38(78)54(87-21)95-47-23(12-63)89-56(40(80)32(47)72)97-49-25(14-65)91-58(42(82)34(49)74)99-51-27(16-67)93-60(44(84)36(51)76)101-52-28(17-68)94-59(45(85)37(52)77)100-50-26(15-66)92-57(43(83)35(50)75)98-48-24(13-64)90-55(41(81)33(48)73)96-46-22(11-62)88-53(39(79)31(46)71)86-9-8-19-6-3-5-18-4-1-2-7-20(18)19/h1-7,21-85H,8-17H2/t21-,22-,23-,24-,25-,26-,27-,28-,29-,30+,31-,32-,33-,34-,35-,36-,37-,38-,39-,40-,41-,42-,43-,44-,45-,46-,47-,48-,49-,50-,51-,52-,53-,54+,55+,56+,57+,58+,59+,60+/m1/s1. The van der Waals surface area contributed by atoms with Crippen molar-refractivity contribution in [2.24, 2.45) is 0 Å². The summed E-state index contributed by atoms with van der Waals surface area (Å²) in [5.41, 5.74) is 0.925. The van der Waals surface area contributed by atoms with Crippen molar-refractivity contribution in [3.63, 3.8) is 0 Å². The molecule has 40 atom stereocenters. The second-order valence-corrected chi connectivity index (χ2v) is 25.6. The normalized spacial score (nSPS) is 48.6. The average molecular weight is 1470 g/mol. The summed E-state index contributed by atoms with van der Waals surface area (Å²) in [5.74, 6) is 0. The SMILES string of the molecule is OC[C@H]1O[C@@H](O[C@H]2[C@H](O)[C@@H](O)[C@H](O[C@H]3[C@H](O)[C@@H](O)[C@H](O[C@H]4[C@H](O)[C@@H](O)[C@H](O[C@H]5[C@H](O)[C@@H](O)[C@H](O[C@H]6[C@H](O)[C@@H](O)[C@H](O[C@H]7[C@H](O)[C@@H](O)[C@H](O[C@H]8[C@H](O)[C@@H](O)[C@H](OCCc9cccc%10ccccc9%10)O[C@@H]8CO)O[C@@H]7CO)O[C@@H]6CO)O[C@@H]5CO)O[C@@H]4CO)O[C@@H]3CO)O[C@@H]2CO)[C@H](O)[C@@H](O)[C@@H]1O. The summed E-state index contributed by atoms with van der Waals surface area (Å²) < 4.78 is 90.9. The molecule has 2 aromatic rings. The van der Waals surface area contributed by atoms with E-state index in [0.29, 0.717) is 6.42 Å². The fraction of sp³-hybridized carbons (Fsp3) is 0.833. The van der Waals surface area contributed by atoms with Gasteiger partial charge in [-0.2, -0.15) is 0 Å². The zero-order valence-electron chi connectivity index (χ0n) is 53.4. The van der Waals surface area contributed by atoms with Gasteiger partial charge >= 0.3 is 0 Å². The van der Waals surface area contributed by atoms with Gasteiger partial charge in [-0.05, 0) is 22.8 Å². The smallest absolute Gasteiger partial charge is 0.187 e. The first-order valence-corrected chi connectivity index (χ1v) is 32.6. The molecule has 10 rings (SSSR count). The van der Waals surface area contributed by atoms with Gasteiger partial charge in [-0.3, -0.25) is 0 Å². The summed E-state index contributed by atoms with van der Waals surface area (Å²) >= 11 is 0. The Kier molecular flexibility index (Phi) is 28.2. The molecule has 0 unspecified atom stereocenters. The summed E-state index contributed by atoms with van der Waals surface area (Å²) in [4.78, 5) is 0. The Labute approximate surface area is 572 Å². The fourth-order valence-electron chi connectivity index (χ4n) is 13.4. The molecule has 8 aliphatic rings. The van der Waals surface area contributed by atoms with E-state index in [1.165, 1.54) is 0 Å². The van der Waals surface area contributed by atoms with Gasteiger partial charge in [-0.25, -0.2) is 0 Å². The Bertz CT molecular complexity index is 2820. The number of hydrogen-bond donors (Lipinski definition) is 25. The van der Waals surface area contributed by atoms with Crippen molar-refractivity contribution in [3.8, 4) is 0 Å². The highest BCUT2D eigenvalue weighted by molar-refractivity contribution is 5.85. The van der Waals surface area contributed by atoms with Gasteiger partial charge in [0.2, 0.25) is 0 Å². The second kappa shape index (κ2) is 35.4. The van der Waals surface area contributed by atoms with Crippen molar-refractivity contribution in [2.75, 3.05) is 59.5 Å². The monoisotopic (exact) mass is 1470 g/mol. The molecule has 0 aliphatic carbocycles. The minimum atomic E-state index is -2.27. The number of hydrogen-bond acceptors (Lipinski definition) is 41. The third-order valence-electron chi connectivity index (χ3n) is 19.2. The summed E-state index contributed by atoms with van der Waals surface area (Å²) in [6.07, 6.45) is -77.2. The fourth-order valence-corrected chi connectivity index (χ4v) is 13.4. The van der Waals surface area contributed by atoms with E-state index in [4.69, 9.17) is 75.8 Å². The van der Waals surface area contributed by atoms with Crippen LogP contribution in [0, 0.1) is 0 Å². The summed E-state index contributed by atoms with van der Waals surface area (Å²) in [5, 5.41) is 273. The quantitative estimate of drug-likeness (QED) is 0.0416. The van der Waals surface area contributed by atoms with E-state index in [0.717, 1.165) is 16.3 Å². The lowest BCUT2D eigenvalue weighted by Gasteiger charge is -2.50. The summed E-state index contributed by atoms with van der Waals surface area (Å²) in [6.45, 7) is -7.99. The maximum Gasteiger partial charge on any atom is 0.187 e. The highest BCUT2D eigenvalue weighted by Crippen LogP contribution is 2.39. The molecule has 8 heterocycles. The van der Waals surface area contributed by atoms with Crippen LogP contribution < -0.4 is 0 Å². The number of aliphatic hydroxyl groups excluding tert-OH is 25. The number of ether oxygens (including phenoxy) is 16. The minimum absolute atomic E-state index is 0.0117. The molecule has 8 fully saturated rings. The van der Waals surface area contributed by atoms with E-state index in [9.17, 15) is 128 Å². The first-order valence-electron chi connectivity index (χ1n) is 32.6. The maximum atomic E-state index is 11.5. The van der Waals surface area contributed by atoms with E-state index < -0.39 is 299 Å². The third kappa shape index (κ3) is 16.9. The van der Waals surface area contributed by atoms with E-state index >= 15 is 0 Å². The van der Waals surface area contributed by atoms with Crippen molar-refractivity contribution in [3.05, 3.63) is 48.0 Å². The van der Waals surface area contributed by atoms with Gasteiger partial charge in [-0.15, -0.1) is 0 Å². The van der Waals surface area contributed by atoms with E-state index in [1.54, 1.807) is 0 Å². The molecule has 0 aromatic heterocycles. The van der Waals surface area contributed by atoms with Crippen LogP contribution in [0.1, 0.15) is 5.56 Å². The number of fused-ring (bicyclic) bond motifs is 1. The highest BCUT2D eigenvalue weighted by Gasteiger charge is 2.60. The molecule has 41 nitrogen and oxygen atoms in total. The van der Waals surface area contributed by atoms with E-state index in [2.05, 4.69) is 0 Å². The molecular weight excluding hydrogens is 1380 g/mol. The van der Waals surface area contributed by atoms with Crippen LogP contribution in [0.3, 0.4) is 0 Å². The molecule has 0 amide bonds. The number of rotatable bonds is 26. The van der Waals surface area contributed by atoms with Gasteiger partial charge in [0.15, 0.2) is 50.3 Å². The molecular formula is C60H92O41. The van der Waals surface area contributed by atoms with E-state index in [1.807, 2.05) is 42.5 Å². The van der Waals surface area contributed by atoms with Crippen molar-refractivity contribution < 1.29 is 203 Å². The molecule has 8 saturated heterocycles. The van der Waals surface area contributed by atoms with Crippen LogP contribution in [0.5, 0.6) is 0 Å². The third-order valence-corrected chi connectivity index (χ3v) is 19.2. The van der Waals surface area contributed by atoms with Gasteiger partial charge in [0.1, 0.15) is 195 Å². The molecule has 101 heavy (non-hydrogen) atoms. The first-order chi connectivity index (χ1) is 48.3. The predicted molar refractivity (Wildman–Crippen MR) is 316 cm³/mol. The van der Waals surface area contributed by atoms with Gasteiger partial charge in [0, 0.05) is 0 Å². The van der Waals surface area contributed by atoms with Crippen LogP contribution in [-0.4, -0.2) is 433 Å². The van der Waals surface area contributed by atoms with Crippen molar-refractivity contribution >= 4 is 10.8 Å². The van der Waals surface area contributed by atoms with Gasteiger partial charge in [-0.1, -0.05) is 42.5 Å². The Hall–Kier alpha value is -2.94. The second-order valence-electron chi connectivity index (χ2n) is 25.6. The lowest BCUT2D eigenvalue weighted by atomic mass is 9.95. The molecule has 41 heteroatoms. The predicted octanol–water partition coefficient (Wildman–Crippen LogP) is -15.0. The van der Waals surface area contributed by atoms with Crippen LogP contribution in [0.25, 0.3) is 10.8 Å². The Morgan fingerprint density at radius 2 is 0.465 bits per heavy atom. The molecule has 2 aromatic carbocycles. The highest BCUT2D eigenvalue weighted by atomic mass is 16.8. The van der Waals surface area contributed by atoms with Crippen molar-refractivity contribution in [1.29, 1.82) is 0 Å². The molecule has 0 saturated carbocycles. The Morgan fingerprint density at radius 3 is 0.743 bits per heavy atom. The number of aliphatic hydroxyl groups is 25. The lowest BCUT2D eigenvalue weighted by Crippen LogP contribution is -2.68. The van der Waals surface area contributed by atoms with Gasteiger partial charge in [0.25, 0.3) is 0 Å². The van der Waals surface area contributed by atoms with E-state index in [-0.39, 0.29) is 6.61 Å². The maximum absolute atomic E-state index is 11.5. The largest absolute Gasteiger partial charge is 0.394 e. The van der Waals surface area contributed by atoms with Crippen LogP contribution >= 0.6 is 0 Å². The zero-order chi connectivity index (χ0) is 73.2. The summed E-state index contributed by atoms with van der Waals surface area (Å²) in [6, 6.07) is 13.4. The van der Waals surface area contributed by atoms with Gasteiger partial charge in [0.05, 0.1) is 59.5 Å². The minimum Gasteiger partial charge on any atom is -0.394 e. The summed E-state index contributed by atoms with van der Waals surface area (Å²) in [7, 11) is 0. The molecule has 0 bridgehead atoms. The molecule has 0 radical (unpaired) electrons. The first kappa shape index (κ1) is 80.6. The van der Waals surface area contributed by atoms with Crippen LogP contribution in [0.2, 0.25) is 0 Å². The van der Waals surface area contributed by atoms with Crippen molar-refractivity contribution in [1.82, 2.24) is 0 Å². The average Bonchev–Trinajstić information content (AvgIpc) is 0.775. The molecule has 25 N–H and O–H groups in total. The van der Waals surface area contributed by atoms with Crippen molar-refractivity contribution in [2.45, 2.75) is 252 Å². The lowest BCUT2D eigenvalue weighted by molar-refractivity contribution is -0.399. The van der Waals surface area contributed by atoms with Crippen LogP contribution in [0.15, 0.2) is 42.5 Å².